The fourth-order valence-electron chi connectivity index (χ4n) is 3.42. The molecular weight excluding hydrogens is 330 g/mol. The van der Waals surface area contributed by atoms with E-state index in [0.717, 1.165) is 50.3 Å². The lowest BCUT2D eigenvalue weighted by molar-refractivity contribution is 0.00859. The molecule has 142 valence electrons. The van der Waals surface area contributed by atoms with Crippen LogP contribution in [0, 0.1) is 5.92 Å². The molecule has 26 heavy (non-hydrogen) atoms. The van der Waals surface area contributed by atoms with Crippen LogP contribution >= 0.6 is 0 Å². The summed E-state index contributed by atoms with van der Waals surface area (Å²) in [6, 6.07) is 0. The lowest BCUT2D eigenvalue weighted by Crippen LogP contribution is -2.42. The first-order chi connectivity index (χ1) is 12.5. The second-order valence-corrected chi connectivity index (χ2v) is 7.39. The Morgan fingerprint density at radius 2 is 2.23 bits per heavy atom. The van der Waals surface area contributed by atoms with Crippen LogP contribution in [0.3, 0.4) is 0 Å². The Balaban J connectivity index is 1.53. The maximum absolute atomic E-state index is 10.5. The van der Waals surface area contributed by atoms with Gasteiger partial charge in [0.15, 0.2) is 0 Å². The smallest absolute Gasteiger partial charge is 0.126 e. The number of hydrogen-bond donors (Lipinski definition) is 1. The number of aliphatic hydroxyl groups is 1. The highest BCUT2D eigenvalue weighted by Crippen LogP contribution is 2.20. The Bertz CT molecular complexity index is 721. The number of aryl methyl sites for hydroxylation is 1. The van der Waals surface area contributed by atoms with Gasteiger partial charge < -0.3 is 10.0 Å². The van der Waals surface area contributed by atoms with E-state index in [1.807, 2.05) is 50.4 Å². The van der Waals surface area contributed by atoms with Crippen molar-refractivity contribution in [1.29, 1.82) is 0 Å². The van der Waals surface area contributed by atoms with Crippen LogP contribution in [0.1, 0.15) is 24.1 Å². The molecule has 2 aromatic rings. The summed E-state index contributed by atoms with van der Waals surface area (Å²) in [6.07, 6.45) is 11.2. The molecule has 1 saturated heterocycles. The second kappa shape index (κ2) is 8.57. The van der Waals surface area contributed by atoms with Crippen LogP contribution in [0.4, 0.5) is 0 Å². The number of rotatable bonds is 7. The van der Waals surface area contributed by atoms with Crippen molar-refractivity contribution in [3.8, 4) is 0 Å². The highest BCUT2D eigenvalue weighted by molar-refractivity contribution is 5.47. The van der Waals surface area contributed by atoms with Crippen molar-refractivity contribution < 1.29 is 5.11 Å². The predicted molar refractivity (Wildman–Crippen MR) is 100.0 cm³/mol. The molecule has 8 heteroatoms. The third kappa shape index (κ3) is 5.23. The second-order valence-electron chi connectivity index (χ2n) is 7.39. The number of nitrogens with zero attached hydrogens (tertiary/aromatic N) is 7. The van der Waals surface area contributed by atoms with Gasteiger partial charge >= 0.3 is 0 Å². The van der Waals surface area contributed by atoms with E-state index in [0.29, 0.717) is 5.92 Å². The zero-order chi connectivity index (χ0) is 18.5. The van der Waals surface area contributed by atoms with Crippen LogP contribution in [0.5, 0.6) is 0 Å². The summed E-state index contributed by atoms with van der Waals surface area (Å²) in [5, 5.41) is 23.1. The van der Waals surface area contributed by atoms with E-state index in [1.165, 1.54) is 0 Å². The zero-order valence-electron chi connectivity index (χ0n) is 15.9. The third-order valence-corrected chi connectivity index (χ3v) is 4.62. The molecule has 2 atom stereocenters. The number of hydrogen-bond acceptors (Lipinski definition) is 6. The Hall–Kier alpha value is -2.03. The molecule has 1 fully saturated rings. The van der Waals surface area contributed by atoms with Gasteiger partial charge in [0, 0.05) is 51.2 Å². The molecule has 0 spiro atoms. The summed E-state index contributed by atoms with van der Waals surface area (Å²) in [7, 11) is 5.94. The first-order valence-electron chi connectivity index (χ1n) is 9.12. The Morgan fingerprint density at radius 1 is 1.38 bits per heavy atom. The average molecular weight is 359 g/mol. The maximum atomic E-state index is 10.5. The topological polar surface area (TPSA) is 75.2 Å². The monoisotopic (exact) mass is 359 g/mol. The summed E-state index contributed by atoms with van der Waals surface area (Å²) in [4.78, 5) is 4.21. The molecule has 1 aliphatic rings. The van der Waals surface area contributed by atoms with Gasteiger partial charge in [0.05, 0.1) is 11.9 Å². The van der Waals surface area contributed by atoms with E-state index in [1.54, 1.807) is 10.9 Å². The van der Waals surface area contributed by atoms with Gasteiger partial charge in [-0.1, -0.05) is 11.3 Å². The summed E-state index contributed by atoms with van der Waals surface area (Å²) in [6.45, 7) is 3.42. The normalized spacial score (nSPS) is 20.3. The van der Waals surface area contributed by atoms with Crippen molar-refractivity contribution in [3.05, 3.63) is 35.9 Å². The number of likely N-dealkylation sites (tertiary alicyclic amines) is 1. The Labute approximate surface area is 154 Å². The molecule has 0 saturated carbocycles. The summed E-state index contributed by atoms with van der Waals surface area (Å²) >= 11 is 0. The molecule has 0 radical (unpaired) electrons. The van der Waals surface area contributed by atoms with E-state index in [-0.39, 0.29) is 0 Å². The van der Waals surface area contributed by atoms with Crippen LogP contribution in [0.25, 0.3) is 6.08 Å². The van der Waals surface area contributed by atoms with E-state index < -0.39 is 6.23 Å². The molecule has 1 N–H and O–H groups in total. The molecular formula is C18H29N7O. The van der Waals surface area contributed by atoms with Crippen molar-refractivity contribution in [2.75, 3.05) is 27.2 Å². The number of aliphatic hydroxyl groups excluding tert-OH is 1. The van der Waals surface area contributed by atoms with Gasteiger partial charge in [-0.2, -0.15) is 5.10 Å². The molecule has 2 aromatic heterocycles. The van der Waals surface area contributed by atoms with Crippen LogP contribution in [0.15, 0.2) is 24.7 Å². The molecule has 1 aliphatic heterocycles. The molecule has 1 unspecified atom stereocenters. The Morgan fingerprint density at radius 3 is 2.96 bits per heavy atom. The van der Waals surface area contributed by atoms with Gasteiger partial charge in [-0.15, -0.1) is 5.10 Å². The SMILES string of the molecule is CN(C)Cc1cn(C[C@@H]2CCCN(C(O)/C=C/c3cnn(C)c3)C2)nn1. The predicted octanol–water partition coefficient (Wildman–Crippen LogP) is 0.817. The molecule has 0 aromatic carbocycles. The summed E-state index contributed by atoms with van der Waals surface area (Å²) in [5.41, 5.74) is 1.98. The molecule has 8 nitrogen and oxygen atoms in total. The van der Waals surface area contributed by atoms with Gasteiger partial charge in [-0.3, -0.25) is 14.3 Å². The fourth-order valence-corrected chi connectivity index (χ4v) is 3.42. The van der Waals surface area contributed by atoms with Gasteiger partial charge in [-0.05, 0) is 38.9 Å². The summed E-state index contributed by atoms with van der Waals surface area (Å²) in [5.74, 6) is 0.471. The molecule has 0 aliphatic carbocycles. The van der Waals surface area contributed by atoms with Crippen LogP contribution in [-0.2, 0) is 20.1 Å². The lowest BCUT2D eigenvalue weighted by Gasteiger charge is -2.34. The minimum Gasteiger partial charge on any atom is -0.375 e. The fraction of sp³-hybridized carbons (Fsp3) is 0.611. The van der Waals surface area contributed by atoms with Crippen LogP contribution in [0.2, 0.25) is 0 Å². The van der Waals surface area contributed by atoms with E-state index >= 15 is 0 Å². The van der Waals surface area contributed by atoms with E-state index in [2.05, 4.69) is 25.2 Å². The van der Waals surface area contributed by atoms with Crippen molar-refractivity contribution in [2.45, 2.75) is 32.2 Å². The van der Waals surface area contributed by atoms with Gasteiger partial charge in [-0.25, -0.2) is 0 Å². The molecule has 3 rings (SSSR count). The van der Waals surface area contributed by atoms with E-state index in [9.17, 15) is 5.11 Å². The highest BCUT2D eigenvalue weighted by atomic mass is 16.3. The average Bonchev–Trinajstić information content (AvgIpc) is 3.21. The molecule has 0 bridgehead atoms. The molecule has 0 amide bonds. The summed E-state index contributed by atoms with van der Waals surface area (Å²) < 4.78 is 3.69. The van der Waals surface area contributed by atoms with Crippen LogP contribution < -0.4 is 0 Å². The van der Waals surface area contributed by atoms with Crippen LogP contribution in [-0.4, -0.2) is 73.1 Å². The number of piperidine rings is 1. The largest absolute Gasteiger partial charge is 0.375 e. The number of aromatic nitrogens is 5. The minimum atomic E-state index is -0.571. The Kier molecular flexibility index (Phi) is 6.18. The quantitative estimate of drug-likeness (QED) is 0.789. The van der Waals surface area contributed by atoms with Crippen molar-refractivity contribution in [2.24, 2.45) is 13.0 Å². The van der Waals surface area contributed by atoms with Gasteiger partial charge in [0.1, 0.15) is 6.23 Å². The first kappa shape index (κ1) is 18.8. The van der Waals surface area contributed by atoms with Gasteiger partial charge in [0.2, 0.25) is 0 Å². The standard InChI is InChI=1S/C18H29N7O/c1-22(2)13-17-14-25(21-20-17)12-16-5-4-8-24(11-16)18(26)7-6-15-9-19-23(3)10-15/h6-7,9-10,14,16,18,26H,4-5,8,11-13H2,1-3H3/b7-6+/t16-,18?/m1/s1. The lowest BCUT2D eigenvalue weighted by atomic mass is 9.98. The van der Waals surface area contributed by atoms with Crippen molar-refractivity contribution in [1.82, 2.24) is 34.6 Å². The van der Waals surface area contributed by atoms with E-state index in [4.69, 9.17) is 0 Å². The minimum absolute atomic E-state index is 0.471. The third-order valence-electron chi connectivity index (χ3n) is 4.62. The van der Waals surface area contributed by atoms with Crippen molar-refractivity contribution in [3.63, 3.8) is 0 Å². The first-order valence-corrected chi connectivity index (χ1v) is 9.12. The van der Waals surface area contributed by atoms with Crippen molar-refractivity contribution >= 4 is 6.08 Å². The molecule has 3 heterocycles. The zero-order valence-corrected chi connectivity index (χ0v) is 15.9. The maximum Gasteiger partial charge on any atom is 0.126 e. The highest BCUT2D eigenvalue weighted by Gasteiger charge is 2.24. The van der Waals surface area contributed by atoms with Gasteiger partial charge in [0.25, 0.3) is 0 Å².